The molecule has 0 saturated carbocycles. The monoisotopic (exact) mass is 392 g/mol. The van der Waals surface area contributed by atoms with E-state index in [0.717, 1.165) is 33.7 Å². The van der Waals surface area contributed by atoms with E-state index in [2.05, 4.69) is 15.0 Å². The molecule has 7 nitrogen and oxygen atoms in total. The van der Waals surface area contributed by atoms with Gasteiger partial charge in [0.25, 0.3) is 5.91 Å². The highest BCUT2D eigenvalue weighted by atomic mass is 32.1. The third-order valence-electron chi connectivity index (χ3n) is 4.92. The summed E-state index contributed by atoms with van der Waals surface area (Å²) in [5.41, 5.74) is 2.56. The van der Waals surface area contributed by atoms with Crippen molar-refractivity contribution in [3.05, 3.63) is 69.9 Å². The molecule has 140 valence electrons. The maximum Gasteiger partial charge on any atom is 0.266 e. The first-order valence-corrected chi connectivity index (χ1v) is 9.72. The minimum atomic E-state index is -0.433. The summed E-state index contributed by atoms with van der Waals surface area (Å²) in [6.45, 7) is 1.96. The van der Waals surface area contributed by atoms with Crippen LogP contribution in [0.15, 0.2) is 47.3 Å². The normalized spacial score (nSPS) is 16.3. The van der Waals surface area contributed by atoms with E-state index >= 15 is 0 Å². The van der Waals surface area contributed by atoms with Gasteiger partial charge in [0.2, 0.25) is 0 Å². The summed E-state index contributed by atoms with van der Waals surface area (Å²) in [6, 6.07) is 9.27. The van der Waals surface area contributed by atoms with E-state index in [1.807, 2.05) is 30.3 Å². The fourth-order valence-corrected chi connectivity index (χ4v) is 4.37. The number of nitrogens with one attached hydrogen (secondary N) is 1. The Balaban J connectivity index is 1.59. The van der Waals surface area contributed by atoms with Gasteiger partial charge < -0.3 is 14.3 Å². The summed E-state index contributed by atoms with van der Waals surface area (Å²) >= 11 is 1.12. The maximum atomic E-state index is 13.3. The average molecular weight is 392 g/mol. The molecule has 1 aromatic carbocycles. The number of ketones is 1. The Labute approximate surface area is 164 Å². The van der Waals surface area contributed by atoms with E-state index in [1.165, 1.54) is 13.1 Å². The van der Waals surface area contributed by atoms with Gasteiger partial charge in [-0.3, -0.25) is 9.59 Å². The largest absolute Gasteiger partial charge is 0.458 e. The molecule has 1 atom stereocenters. The van der Waals surface area contributed by atoms with Gasteiger partial charge in [0.05, 0.1) is 18.2 Å². The first kappa shape index (κ1) is 16.9. The predicted molar refractivity (Wildman–Crippen MR) is 104 cm³/mol. The zero-order valence-electron chi connectivity index (χ0n) is 15.0. The summed E-state index contributed by atoms with van der Waals surface area (Å²) < 4.78 is 6.08. The number of aromatic amines is 1. The molecule has 0 radical (unpaired) electrons. The first-order valence-electron chi connectivity index (χ1n) is 8.90. The Morgan fingerprint density at radius 3 is 2.93 bits per heavy atom. The number of H-pyrrole nitrogens is 1. The van der Waals surface area contributed by atoms with Gasteiger partial charge in [-0.25, -0.2) is 9.97 Å². The highest BCUT2D eigenvalue weighted by Crippen LogP contribution is 2.37. The van der Waals surface area contributed by atoms with Crippen molar-refractivity contribution in [1.82, 2.24) is 19.9 Å². The van der Waals surface area contributed by atoms with Crippen molar-refractivity contribution in [3.8, 4) is 0 Å². The molecule has 5 rings (SSSR count). The summed E-state index contributed by atoms with van der Waals surface area (Å²) in [7, 11) is 0. The van der Waals surface area contributed by atoms with E-state index in [0.29, 0.717) is 28.6 Å². The van der Waals surface area contributed by atoms with Crippen LogP contribution in [0.4, 0.5) is 0 Å². The number of carbonyl (C=O) groups is 2. The molecule has 0 saturated heterocycles. The highest BCUT2D eigenvalue weighted by molar-refractivity contribution is 7.15. The van der Waals surface area contributed by atoms with Crippen LogP contribution in [-0.4, -0.2) is 38.1 Å². The minimum absolute atomic E-state index is 0.147. The lowest BCUT2D eigenvalue weighted by atomic mass is 10.00. The van der Waals surface area contributed by atoms with Crippen LogP contribution in [0.3, 0.4) is 0 Å². The molecule has 4 heterocycles. The molecule has 0 spiro atoms. The molecule has 0 aliphatic carbocycles. The lowest BCUT2D eigenvalue weighted by molar-refractivity contribution is 0.0677. The number of hydrogen-bond donors (Lipinski definition) is 1. The van der Waals surface area contributed by atoms with Crippen molar-refractivity contribution in [2.45, 2.75) is 19.4 Å². The minimum Gasteiger partial charge on any atom is -0.458 e. The lowest BCUT2D eigenvalue weighted by Gasteiger charge is -2.33. The number of furan rings is 1. The SMILES string of the molecule is CC(=O)c1ncc(C(=O)N2CCc3[nH]cnc3[C@H]2c2cc3ccccc3o2)s1. The molecular formula is C20H16N4O3S. The summed E-state index contributed by atoms with van der Waals surface area (Å²) in [6.07, 6.45) is 3.80. The summed E-state index contributed by atoms with van der Waals surface area (Å²) in [5.74, 6) is 0.342. The Hall–Kier alpha value is -3.26. The number of amides is 1. The van der Waals surface area contributed by atoms with Gasteiger partial charge in [-0.2, -0.15) is 0 Å². The zero-order chi connectivity index (χ0) is 19.3. The Morgan fingerprint density at radius 1 is 1.29 bits per heavy atom. The van der Waals surface area contributed by atoms with E-state index in [-0.39, 0.29) is 11.7 Å². The molecule has 1 aliphatic heterocycles. The van der Waals surface area contributed by atoms with Crippen LogP contribution in [-0.2, 0) is 6.42 Å². The van der Waals surface area contributed by atoms with Crippen LogP contribution in [0, 0.1) is 0 Å². The van der Waals surface area contributed by atoms with Crippen LogP contribution in [0.5, 0.6) is 0 Å². The van der Waals surface area contributed by atoms with Gasteiger partial charge in [-0.1, -0.05) is 18.2 Å². The number of rotatable bonds is 3. The number of thiazole rings is 1. The van der Waals surface area contributed by atoms with Crippen LogP contribution in [0.1, 0.15) is 49.6 Å². The molecule has 28 heavy (non-hydrogen) atoms. The van der Waals surface area contributed by atoms with Gasteiger partial charge >= 0.3 is 0 Å². The average Bonchev–Trinajstić information content (AvgIpc) is 3.44. The van der Waals surface area contributed by atoms with Crippen LogP contribution in [0.25, 0.3) is 11.0 Å². The van der Waals surface area contributed by atoms with Crippen molar-refractivity contribution < 1.29 is 14.0 Å². The van der Waals surface area contributed by atoms with Crippen molar-refractivity contribution >= 4 is 34.0 Å². The lowest BCUT2D eigenvalue weighted by Crippen LogP contribution is -2.40. The molecule has 0 unspecified atom stereocenters. The third-order valence-corrected chi connectivity index (χ3v) is 6.00. The predicted octanol–water partition coefficient (Wildman–Crippen LogP) is 3.60. The van der Waals surface area contributed by atoms with E-state index in [4.69, 9.17) is 4.42 Å². The standard InChI is InChI=1S/C20H16N4O3S/c1-11(25)19-21-9-16(28-19)20(26)24-7-6-13-17(23-10-22-13)18(24)15-8-12-4-2-3-5-14(12)27-15/h2-5,8-10,18H,6-7H2,1H3,(H,22,23)/t18-/m1/s1. The first-order chi connectivity index (χ1) is 13.6. The Kier molecular flexibility index (Phi) is 3.87. The molecule has 0 fully saturated rings. The van der Waals surface area contributed by atoms with Crippen LogP contribution in [0.2, 0.25) is 0 Å². The number of benzene rings is 1. The second kappa shape index (κ2) is 6.42. The number of Topliss-reactive ketones (excluding diaryl/α,β-unsaturated/α-hetero) is 1. The quantitative estimate of drug-likeness (QED) is 0.538. The number of para-hydroxylation sites is 1. The molecule has 0 bridgehead atoms. The number of carbonyl (C=O) groups excluding carboxylic acids is 2. The zero-order valence-corrected chi connectivity index (χ0v) is 15.8. The maximum absolute atomic E-state index is 13.3. The van der Waals surface area contributed by atoms with E-state index in [1.54, 1.807) is 11.2 Å². The molecular weight excluding hydrogens is 376 g/mol. The Bertz CT molecular complexity index is 1170. The molecule has 1 N–H and O–H groups in total. The second-order valence-corrected chi connectivity index (χ2v) is 7.72. The highest BCUT2D eigenvalue weighted by Gasteiger charge is 2.37. The van der Waals surface area contributed by atoms with Crippen LogP contribution < -0.4 is 0 Å². The summed E-state index contributed by atoms with van der Waals surface area (Å²) in [4.78, 5) is 38.7. The molecule has 1 amide bonds. The summed E-state index contributed by atoms with van der Waals surface area (Å²) in [5, 5.41) is 1.31. The number of hydrogen-bond acceptors (Lipinski definition) is 6. The fraction of sp³-hybridized carbons (Fsp3) is 0.200. The number of fused-ring (bicyclic) bond motifs is 2. The van der Waals surface area contributed by atoms with Gasteiger partial charge in [0.1, 0.15) is 22.3 Å². The molecule has 3 aromatic heterocycles. The van der Waals surface area contributed by atoms with Gasteiger partial charge in [-0.15, -0.1) is 11.3 Å². The second-order valence-electron chi connectivity index (χ2n) is 6.69. The smallest absolute Gasteiger partial charge is 0.266 e. The topological polar surface area (TPSA) is 92.1 Å². The van der Waals surface area contributed by atoms with Crippen molar-refractivity contribution in [1.29, 1.82) is 0 Å². The number of imidazole rings is 1. The van der Waals surface area contributed by atoms with Gasteiger partial charge in [0, 0.05) is 31.0 Å². The van der Waals surface area contributed by atoms with E-state index < -0.39 is 6.04 Å². The number of aromatic nitrogens is 3. The fourth-order valence-electron chi connectivity index (χ4n) is 3.60. The van der Waals surface area contributed by atoms with Crippen molar-refractivity contribution in [3.63, 3.8) is 0 Å². The van der Waals surface area contributed by atoms with Gasteiger partial charge in [-0.05, 0) is 12.1 Å². The molecule has 8 heteroatoms. The number of nitrogens with zero attached hydrogens (tertiary/aromatic N) is 3. The van der Waals surface area contributed by atoms with Crippen LogP contribution >= 0.6 is 11.3 Å². The van der Waals surface area contributed by atoms with Crippen molar-refractivity contribution in [2.24, 2.45) is 0 Å². The molecule has 4 aromatic rings. The van der Waals surface area contributed by atoms with E-state index in [9.17, 15) is 9.59 Å². The Morgan fingerprint density at radius 2 is 2.14 bits per heavy atom. The third kappa shape index (κ3) is 2.65. The van der Waals surface area contributed by atoms with Crippen molar-refractivity contribution in [2.75, 3.05) is 6.54 Å². The van der Waals surface area contributed by atoms with Gasteiger partial charge in [0.15, 0.2) is 10.8 Å². The molecule has 1 aliphatic rings.